The van der Waals surface area contributed by atoms with Crippen molar-refractivity contribution < 1.29 is 19.1 Å². The number of unbranched alkanes of at least 4 members (excludes halogenated alkanes) is 2. The van der Waals surface area contributed by atoms with Crippen LogP contribution in [0.1, 0.15) is 37.7 Å². The number of esters is 2. The standard InChI is InChI=1S/C20H22O4/c21-19(23-16-17-10-4-1-5-11-17)14-8-3-9-15-20(22)24-18-12-6-2-7-13-18/h1-2,4-7,10-13H,3,8-9,14-16H2. The molecule has 0 aliphatic heterocycles. The van der Waals surface area contributed by atoms with Crippen LogP contribution in [0.2, 0.25) is 0 Å². The van der Waals surface area contributed by atoms with E-state index in [1.807, 2.05) is 48.5 Å². The quantitative estimate of drug-likeness (QED) is 0.392. The Morgan fingerprint density at radius 2 is 1.29 bits per heavy atom. The summed E-state index contributed by atoms with van der Waals surface area (Å²) in [5.41, 5.74) is 0.981. The summed E-state index contributed by atoms with van der Waals surface area (Å²) in [5, 5.41) is 0. The second-order valence-electron chi connectivity index (χ2n) is 5.49. The number of para-hydroxylation sites is 1. The van der Waals surface area contributed by atoms with Crippen LogP contribution in [-0.2, 0) is 20.9 Å². The van der Waals surface area contributed by atoms with Crippen LogP contribution in [0.25, 0.3) is 0 Å². The predicted molar refractivity (Wildman–Crippen MR) is 91.4 cm³/mol. The first-order chi connectivity index (χ1) is 11.7. The fourth-order valence-corrected chi connectivity index (χ4v) is 2.20. The second kappa shape index (κ2) is 10.2. The Hall–Kier alpha value is -2.62. The Morgan fingerprint density at radius 3 is 1.96 bits per heavy atom. The van der Waals surface area contributed by atoms with Crippen LogP contribution in [0.3, 0.4) is 0 Å². The van der Waals surface area contributed by atoms with E-state index in [0.717, 1.165) is 12.0 Å². The minimum absolute atomic E-state index is 0.203. The van der Waals surface area contributed by atoms with Gasteiger partial charge in [-0.25, -0.2) is 0 Å². The lowest BCUT2D eigenvalue weighted by Crippen LogP contribution is -2.08. The summed E-state index contributed by atoms with van der Waals surface area (Å²) in [4.78, 5) is 23.3. The van der Waals surface area contributed by atoms with E-state index in [1.165, 1.54) is 0 Å². The minimum Gasteiger partial charge on any atom is -0.461 e. The summed E-state index contributed by atoms with van der Waals surface area (Å²) in [6.07, 6.45) is 2.95. The van der Waals surface area contributed by atoms with E-state index >= 15 is 0 Å². The molecule has 0 aliphatic carbocycles. The average molecular weight is 326 g/mol. The van der Waals surface area contributed by atoms with Crippen LogP contribution in [0.5, 0.6) is 5.75 Å². The molecule has 0 aliphatic rings. The molecule has 0 atom stereocenters. The molecular weight excluding hydrogens is 304 g/mol. The van der Waals surface area contributed by atoms with Crippen molar-refractivity contribution in [3.63, 3.8) is 0 Å². The molecule has 2 aromatic carbocycles. The first-order valence-electron chi connectivity index (χ1n) is 8.19. The fourth-order valence-electron chi connectivity index (χ4n) is 2.20. The molecule has 0 bridgehead atoms. The molecule has 4 heteroatoms. The van der Waals surface area contributed by atoms with E-state index in [9.17, 15) is 9.59 Å². The van der Waals surface area contributed by atoms with Gasteiger partial charge in [0.05, 0.1) is 0 Å². The molecule has 2 rings (SSSR count). The molecule has 0 aromatic heterocycles. The Kier molecular flexibility index (Phi) is 7.54. The summed E-state index contributed by atoms with van der Waals surface area (Å²) in [6, 6.07) is 18.6. The molecule has 0 saturated carbocycles. The highest BCUT2D eigenvalue weighted by Gasteiger charge is 2.06. The Balaban J connectivity index is 1.51. The van der Waals surface area contributed by atoms with Crippen molar-refractivity contribution in [1.29, 1.82) is 0 Å². The molecule has 24 heavy (non-hydrogen) atoms. The first kappa shape index (κ1) is 17.7. The van der Waals surface area contributed by atoms with Crippen LogP contribution in [-0.4, -0.2) is 11.9 Å². The van der Waals surface area contributed by atoms with Crippen molar-refractivity contribution in [2.45, 2.75) is 38.7 Å². The van der Waals surface area contributed by atoms with Gasteiger partial charge in [0.2, 0.25) is 0 Å². The molecule has 0 N–H and O–H groups in total. The van der Waals surface area contributed by atoms with E-state index < -0.39 is 0 Å². The number of hydrogen-bond donors (Lipinski definition) is 0. The highest BCUT2D eigenvalue weighted by Crippen LogP contribution is 2.11. The van der Waals surface area contributed by atoms with Crippen LogP contribution in [0.15, 0.2) is 60.7 Å². The Bertz CT molecular complexity index is 623. The molecule has 4 nitrogen and oxygen atoms in total. The molecular formula is C20H22O4. The van der Waals surface area contributed by atoms with E-state index in [2.05, 4.69) is 0 Å². The number of rotatable bonds is 9. The van der Waals surface area contributed by atoms with Crippen molar-refractivity contribution in [3.05, 3.63) is 66.2 Å². The Morgan fingerprint density at radius 1 is 0.708 bits per heavy atom. The largest absolute Gasteiger partial charge is 0.461 e. The van der Waals surface area contributed by atoms with Crippen molar-refractivity contribution in [2.75, 3.05) is 0 Å². The summed E-state index contributed by atoms with van der Waals surface area (Å²) >= 11 is 0. The summed E-state index contributed by atoms with van der Waals surface area (Å²) < 4.78 is 10.4. The van der Waals surface area contributed by atoms with Gasteiger partial charge in [0, 0.05) is 12.8 Å². The van der Waals surface area contributed by atoms with Gasteiger partial charge in [-0.05, 0) is 30.5 Å². The third kappa shape index (κ3) is 7.09. The average Bonchev–Trinajstić information content (AvgIpc) is 2.61. The lowest BCUT2D eigenvalue weighted by molar-refractivity contribution is -0.145. The van der Waals surface area contributed by atoms with Crippen molar-refractivity contribution in [2.24, 2.45) is 0 Å². The molecule has 0 amide bonds. The summed E-state index contributed by atoms with van der Waals surface area (Å²) in [7, 11) is 0. The topological polar surface area (TPSA) is 52.6 Å². The molecule has 2 aromatic rings. The maximum absolute atomic E-state index is 11.7. The van der Waals surface area contributed by atoms with E-state index in [0.29, 0.717) is 38.0 Å². The third-order valence-corrected chi connectivity index (χ3v) is 3.48. The zero-order valence-electron chi connectivity index (χ0n) is 13.6. The van der Waals surface area contributed by atoms with Gasteiger partial charge in [0.25, 0.3) is 0 Å². The highest BCUT2D eigenvalue weighted by molar-refractivity contribution is 5.72. The van der Waals surface area contributed by atoms with Crippen LogP contribution in [0.4, 0.5) is 0 Å². The van der Waals surface area contributed by atoms with Gasteiger partial charge in [-0.15, -0.1) is 0 Å². The molecule has 0 radical (unpaired) electrons. The monoisotopic (exact) mass is 326 g/mol. The number of ether oxygens (including phenoxy) is 2. The summed E-state index contributed by atoms with van der Waals surface area (Å²) in [6.45, 7) is 0.309. The van der Waals surface area contributed by atoms with Gasteiger partial charge in [0.1, 0.15) is 12.4 Å². The van der Waals surface area contributed by atoms with Gasteiger partial charge in [-0.3, -0.25) is 9.59 Å². The van der Waals surface area contributed by atoms with Gasteiger partial charge >= 0.3 is 11.9 Å². The molecule has 0 heterocycles. The van der Waals surface area contributed by atoms with Gasteiger partial charge in [0.15, 0.2) is 0 Å². The Labute approximate surface area is 142 Å². The minimum atomic E-state index is -0.243. The molecule has 126 valence electrons. The smallest absolute Gasteiger partial charge is 0.311 e. The number of carbonyl (C=O) groups excluding carboxylic acids is 2. The molecule has 0 unspecified atom stereocenters. The molecule has 0 saturated heterocycles. The van der Waals surface area contributed by atoms with Crippen molar-refractivity contribution >= 4 is 11.9 Å². The summed E-state index contributed by atoms with van der Waals surface area (Å²) in [5.74, 6) is 0.116. The molecule has 0 spiro atoms. The highest BCUT2D eigenvalue weighted by atomic mass is 16.5. The fraction of sp³-hybridized carbons (Fsp3) is 0.300. The van der Waals surface area contributed by atoms with Crippen molar-refractivity contribution in [3.8, 4) is 5.75 Å². The van der Waals surface area contributed by atoms with Crippen molar-refractivity contribution in [1.82, 2.24) is 0 Å². The number of benzene rings is 2. The lowest BCUT2D eigenvalue weighted by atomic mass is 10.1. The zero-order chi connectivity index (χ0) is 17.0. The normalized spacial score (nSPS) is 10.2. The van der Waals surface area contributed by atoms with Crippen LogP contribution < -0.4 is 4.74 Å². The maximum atomic E-state index is 11.7. The second-order valence-corrected chi connectivity index (χ2v) is 5.49. The SMILES string of the molecule is O=C(CCCCCC(=O)Oc1ccccc1)OCc1ccccc1. The van der Waals surface area contributed by atoms with Gasteiger partial charge < -0.3 is 9.47 Å². The van der Waals surface area contributed by atoms with E-state index in [-0.39, 0.29) is 11.9 Å². The number of hydrogen-bond acceptors (Lipinski definition) is 4. The lowest BCUT2D eigenvalue weighted by Gasteiger charge is -2.05. The van der Waals surface area contributed by atoms with Gasteiger partial charge in [-0.2, -0.15) is 0 Å². The third-order valence-electron chi connectivity index (χ3n) is 3.48. The van der Waals surface area contributed by atoms with E-state index in [4.69, 9.17) is 9.47 Å². The molecule has 0 fully saturated rings. The first-order valence-corrected chi connectivity index (χ1v) is 8.19. The number of carbonyl (C=O) groups is 2. The maximum Gasteiger partial charge on any atom is 0.311 e. The van der Waals surface area contributed by atoms with Gasteiger partial charge in [-0.1, -0.05) is 55.0 Å². The van der Waals surface area contributed by atoms with Crippen LogP contribution >= 0.6 is 0 Å². The van der Waals surface area contributed by atoms with Crippen LogP contribution in [0, 0.1) is 0 Å². The predicted octanol–water partition coefficient (Wildman–Crippen LogP) is 4.29. The zero-order valence-corrected chi connectivity index (χ0v) is 13.6. The van der Waals surface area contributed by atoms with E-state index in [1.54, 1.807) is 12.1 Å².